The molecule has 1 aliphatic heterocycles. The van der Waals surface area contributed by atoms with Crippen molar-refractivity contribution in [3.05, 3.63) is 41.6 Å². The van der Waals surface area contributed by atoms with Gasteiger partial charge in [0.1, 0.15) is 17.0 Å². The average molecular weight is 274 g/mol. The van der Waals surface area contributed by atoms with Crippen LogP contribution in [0.25, 0.3) is 0 Å². The van der Waals surface area contributed by atoms with Crippen molar-refractivity contribution in [1.82, 2.24) is 4.90 Å². The second-order valence-corrected chi connectivity index (χ2v) is 4.31. The number of nitrogens with zero attached hydrogens (tertiary/aromatic N) is 2. The molecule has 1 heterocycles. The van der Waals surface area contributed by atoms with E-state index in [9.17, 15) is 4.79 Å². The number of methoxy groups -OCH3 is 1. The standard InChI is InChI=1S/C15H18N2O3/c1-4-17(5-2)10-13-14(16-20-15(13)18)11-7-6-8-12(9-11)19-3/h6-10H,4-5H2,1-3H3. The van der Waals surface area contributed by atoms with Crippen molar-refractivity contribution in [3.63, 3.8) is 0 Å². The summed E-state index contributed by atoms with van der Waals surface area (Å²) in [7, 11) is 1.60. The quantitative estimate of drug-likeness (QED) is 0.610. The maximum absolute atomic E-state index is 11.8. The van der Waals surface area contributed by atoms with Crippen molar-refractivity contribution in [1.29, 1.82) is 0 Å². The molecule has 1 aromatic rings. The van der Waals surface area contributed by atoms with Crippen molar-refractivity contribution in [2.45, 2.75) is 13.8 Å². The maximum Gasteiger partial charge on any atom is 0.369 e. The molecule has 0 spiro atoms. The second kappa shape index (κ2) is 6.23. The van der Waals surface area contributed by atoms with Gasteiger partial charge in [-0.3, -0.25) is 0 Å². The molecule has 0 N–H and O–H groups in total. The van der Waals surface area contributed by atoms with Crippen LogP contribution in [0.5, 0.6) is 5.75 Å². The zero-order valence-electron chi connectivity index (χ0n) is 11.9. The molecule has 5 nitrogen and oxygen atoms in total. The molecule has 0 fully saturated rings. The number of benzene rings is 1. The normalized spacial score (nSPS) is 16.1. The van der Waals surface area contributed by atoms with Crippen LogP contribution >= 0.6 is 0 Å². The zero-order valence-corrected chi connectivity index (χ0v) is 11.9. The van der Waals surface area contributed by atoms with Crippen LogP contribution in [0.15, 0.2) is 41.2 Å². The molecule has 2 rings (SSSR count). The van der Waals surface area contributed by atoms with E-state index in [0.29, 0.717) is 17.0 Å². The molecule has 0 saturated carbocycles. The van der Waals surface area contributed by atoms with Gasteiger partial charge in [-0.15, -0.1) is 0 Å². The van der Waals surface area contributed by atoms with E-state index in [1.54, 1.807) is 13.3 Å². The van der Waals surface area contributed by atoms with Gasteiger partial charge in [0, 0.05) is 24.9 Å². The highest BCUT2D eigenvalue weighted by Crippen LogP contribution is 2.21. The Hall–Kier alpha value is -2.30. The van der Waals surface area contributed by atoms with Crippen molar-refractivity contribution in [2.24, 2.45) is 5.16 Å². The van der Waals surface area contributed by atoms with Crippen LogP contribution in [0.3, 0.4) is 0 Å². The van der Waals surface area contributed by atoms with Crippen LogP contribution in [0.4, 0.5) is 0 Å². The molecule has 5 heteroatoms. The largest absolute Gasteiger partial charge is 0.497 e. The first-order valence-electron chi connectivity index (χ1n) is 6.59. The van der Waals surface area contributed by atoms with E-state index < -0.39 is 5.97 Å². The Morgan fingerprint density at radius 1 is 1.35 bits per heavy atom. The predicted octanol–water partition coefficient (Wildman–Crippen LogP) is 2.18. The minimum atomic E-state index is -0.422. The number of ether oxygens (including phenoxy) is 1. The van der Waals surface area contributed by atoms with Gasteiger partial charge in [0.25, 0.3) is 0 Å². The Morgan fingerprint density at radius 2 is 2.10 bits per heavy atom. The monoisotopic (exact) mass is 274 g/mol. The molecule has 0 bridgehead atoms. The number of hydrogen-bond donors (Lipinski definition) is 0. The summed E-state index contributed by atoms with van der Waals surface area (Å²) in [6, 6.07) is 7.40. The fraction of sp³-hybridized carbons (Fsp3) is 0.333. The summed E-state index contributed by atoms with van der Waals surface area (Å²) in [5.74, 6) is 0.293. The lowest BCUT2D eigenvalue weighted by Crippen LogP contribution is -2.19. The summed E-state index contributed by atoms with van der Waals surface area (Å²) in [6.07, 6.45) is 1.80. The van der Waals surface area contributed by atoms with E-state index >= 15 is 0 Å². The van der Waals surface area contributed by atoms with Crippen molar-refractivity contribution >= 4 is 11.7 Å². The van der Waals surface area contributed by atoms with Crippen molar-refractivity contribution < 1.29 is 14.4 Å². The molecule has 1 aliphatic rings. The first kappa shape index (κ1) is 14.1. The van der Waals surface area contributed by atoms with Gasteiger partial charge >= 0.3 is 5.97 Å². The first-order chi connectivity index (χ1) is 9.69. The van der Waals surface area contributed by atoms with E-state index in [4.69, 9.17) is 9.57 Å². The molecule has 106 valence electrons. The molecule has 20 heavy (non-hydrogen) atoms. The molecule has 1 aromatic carbocycles. The van der Waals surface area contributed by atoms with E-state index in [2.05, 4.69) is 5.16 Å². The molecule has 0 atom stereocenters. The Balaban J connectivity index is 2.36. The summed E-state index contributed by atoms with van der Waals surface area (Å²) >= 11 is 0. The van der Waals surface area contributed by atoms with Gasteiger partial charge in [-0.2, -0.15) is 0 Å². The van der Waals surface area contributed by atoms with Gasteiger partial charge < -0.3 is 14.5 Å². The number of rotatable bonds is 5. The van der Waals surface area contributed by atoms with Gasteiger partial charge in [0.05, 0.1) is 7.11 Å². The van der Waals surface area contributed by atoms with E-state index in [1.165, 1.54) is 0 Å². The lowest BCUT2D eigenvalue weighted by Gasteiger charge is -2.15. The molecule has 0 saturated heterocycles. The third-order valence-electron chi connectivity index (χ3n) is 3.16. The van der Waals surface area contributed by atoms with Crippen LogP contribution in [-0.4, -0.2) is 36.8 Å². The number of oxime groups is 1. The molecule has 0 amide bonds. The van der Waals surface area contributed by atoms with Crippen LogP contribution in [0.1, 0.15) is 19.4 Å². The number of carbonyl (C=O) groups is 1. The van der Waals surface area contributed by atoms with Gasteiger partial charge in [-0.1, -0.05) is 17.3 Å². The molecular weight excluding hydrogens is 256 g/mol. The summed E-state index contributed by atoms with van der Waals surface area (Å²) in [4.78, 5) is 18.7. The highest BCUT2D eigenvalue weighted by Gasteiger charge is 2.27. The van der Waals surface area contributed by atoms with Gasteiger partial charge in [0.15, 0.2) is 0 Å². The van der Waals surface area contributed by atoms with Gasteiger partial charge in [-0.25, -0.2) is 4.79 Å². The van der Waals surface area contributed by atoms with Crippen molar-refractivity contribution in [3.8, 4) is 5.75 Å². The number of hydrogen-bond acceptors (Lipinski definition) is 5. The van der Waals surface area contributed by atoms with Gasteiger partial charge in [0.2, 0.25) is 0 Å². The molecule has 0 aromatic heterocycles. The minimum absolute atomic E-state index is 0.422. The predicted molar refractivity (Wildman–Crippen MR) is 76.6 cm³/mol. The highest BCUT2D eigenvalue weighted by atomic mass is 16.7. The van der Waals surface area contributed by atoms with Crippen molar-refractivity contribution in [2.75, 3.05) is 20.2 Å². The average Bonchev–Trinajstić information content (AvgIpc) is 2.85. The Bertz CT molecular complexity index is 560. The van der Waals surface area contributed by atoms with Crippen LogP contribution in [0.2, 0.25) is 0 Å². The topological polar surface area (TPSA) is 51.1 Å². The Morgan fingerprint density at radius 3 is 2.75 bits per heavy atom. The zero-order chi connectivity index (χ0) is 14.5. The SMILES string of the molecule is CCN(C=C1C(=O)ON=C1c1cccc(OC)c1)CC. The van der Waals surface area contributed by atoms with E-state index in [0.717, 1.165) is 18.7 Å². The second-order valence-electron chi connectivity index (χ2n) is 4.31. The minimum Gasteiger partial charge on any atom is -0.497 e. The lowest BCUT2D eigenvalue weighted by atomic mass is 10.0. The molecular formula is C15H18N2O3. The van der Waals surface area contributed by atoms with Crippen LogP contribution in [-0.2, 0) is 9.63 Å². The molecule has 0 unspecified atom stereocenters. The summed E-state index contributed by atoms with van der Waals surface area (Å²) < 4.78 is 5.19. The smallest absolute Gasteiger partial charge is 0.369 e. The van der Waals surface area contributed by atoms with Crippen LogP contribution in [0, 0.1) is 0 Å². The summed E-state index contributed by atoms with van der Waals surface area (Å²) in [5.41, 5.74) is 1.82. The molecule has 0 radical (unpaired) electrons. The fourth-order valence-electron chi connectivity index (χ4n) is 1.96. The molecule has 0 aliphatic carbocycles. The highest BCUT2D eigenvalue weighted by molar-refractivity contribution is 6.28. The van der Waals surface area contributed by atoms with Crippen LogP contribution < -0.4 is 4.74 Å². The third-order valence-corrected chi connectivity index (χ3v) is 3.16. The number of carbonyl (C=O) groups excluding carboxylic acids is 1. The van der Waals surface area contributed by atoms with Gasteiger partial charge in [-0.05, 0) is 26.0 Å². The Labute approximate surface area is 118 Å². The van der Waals surface area contributed by atoms with E-state index in [1.807, 2.05) is 43.0 Å². The first-order valence-corrected chi connectivity index (χ1v) is 6.59. The summed E-state index contributed by atoms with van der Waals surface area (Å²) in [5, 5.41) is 3.88. The maximum atomic E-state index is 11.8. The fourth-order valence-corrected chi connectivity index (χ4v) is 1.96. The Kier molecular flexibility index (Phi) is 4.40. The summed E-state index contributed by atoms with van der Waals surface area (Å²) in [6.45, 7) is 5.70. The lowest BCUT2D eigenvalue weighted by molar-refractivity contribution is -0.136. The third kappa shape index (κ3) is 2.82. The van der Waals surface area contributed by atoms with E-state index in [-0.39, 0.29) is 0 Å².